The minimum atomic E-state index is -3.65. The number of aromatic nitrogens is 5. The third kappa shape index (κ3) is 25.5. The molecule has 1 N–H and O–H groups in total. The Balaban J connectivity index is 0.000000150. The summed E-state index contributed by atoms with van der Waals surface area (Å²) >= 11 is 37.9. The number of carbonyl (C=O) groups excluding carboxylic acids is 11. The van der Waals surface area contributed by atoms with E-state index < -0.39 is 123 Å². The van der Waals surface area contributed by atoms with Crippen molar-refractivity contribution in [3.63, 3.8) is 0 Å². The lowest BCUT2D eigenvalue weighted by molar-refractivity contribution is -0.146. The van der Waals surface area contributed by atoms with Crippen molar-refractivity contribution in [2.45, 2.75) is 186 Å². The van der Waals surface area contributed by atoms with E-state index in [0.717, 1.165) is 169 Å². The van der Waals surface area contributed by atoms with Crippen LogP contribution in [0.4, 0.5) is 70.5 Å². The summed E-state index contributed by atoms with van der Waals surface area (Å²) in [6.07, 6.45) is 31.6. The van der Waals surface area contributed by atoms with Crippen LogP contribution in [0.2, 0.25) is 30.1 Å². The third-order valence-electron chi connectivity index (χ3n) is 24.4. The standard InChI is InChI=1S/C21H23ClFNO5.C19H15FN2O4.C18H15ClFNO3.C17H13ClFNO3.C15H15ClFN3O3S2.C11H10Cl2F2N4O3S/c1-2-3-6-9-28-19(25)12-29-18-11-17(16(23)10-15(18)22)24-20(26)13-7-4-5-8-14(13)21(24)27;1-2-7-21-15-9-14(13(20)8-16(15)26-10-17(21)23)22-18(24)11-5-3-4-6-12(11)19(22)25;1-3-10(2)24-16-9-15(14(20)8-13(16)19)21-17(22)11-6-4-5-7-12(11)18(21)23;1-2-7-23-15-9-14(13(19)8-12(15)18)20-16(21)10-5-3-4-6-11(10)17(20)22;1-23-13(21)8-24-12-7-11(10(17)6-9(12)16)18-14-19-4-2-3-5-20(19)15(22)25-14;1-5-16-19(11(20)18(5)10(14)15)9-4-8(17-23(2,21)22)6(12)3-7(9)13/h10-11H,2-9,12H2,1H3;1,8-9H,3-7,10H2;1,8-10H,4-7H2,2H3;1,8-9H,3-7H2;6-7H,2-5,8H2,1H3;3-4,10,17H,1-2H3. The molecule has 18 rings (SSSR count). The fourth-order valence-electron chi connectivity index (χ4n) is 17.2. The van der Waals surface area contributed by atoms with Crippen molar-refractivity contribution in [3.8, 4) is 65.7 Å². The summed E-state index contributed by atoms with van der Waals surface area (Å²) < 4.78 is 158. The summed E-state index contributed by atoms with van der Waals surface area (Å²) in [6.45, 7) is 2.72. The summed E-state index contributed by atoms with van der Waals surface area (Å²) in [4.78, 5) is 170. The number of alkyl halides is 2. The molecule has 9 amide bonds. The summed E-state index contributed by atoms with van der Waals surface area (Å²) in [5.74, 6) is -1.62. The third-order valence-corrected chi connectivity index (χ3v) is 28.8. The molecule has 0 radical (unpaired) electrons. The number of halogens is 13. The average Bonchev–Trinajstić information content (AvgIpc) is 1.65. The number of hydrogen-bond donors (Lipinski definition) is 1. The van der Waals surface area contributed by atoms with Crippen molar-refractivity contribution < 1.29 is 120 Å². The van der Waals surface area contributed by atoms with Crippen LogP contribution in [0.3, 0.4) is 0 Å². The molecule has 0 spiro atoms. The van der Waals surface area contributed by atoms with E-state index in [1.807, 2.05) is 6.92 Å². The normalized spacial score (nSPS) is 16.4. The number of fused-ring (bicyclic) bond motifs is 2. The van der Waals surface area contributed by atoms with Crippen LogP contribution in [-0.2, 0) is 85.3 Å². The zero-order chi connectivity index (χ0) is 109. The molecule has 6 aromatic carbocycles. The molecule has 790 valence electrons. The average molecular weight is 2250 g/mol. The number of thioether (sulfide) groups is 1. The molecule has 1 atom stereocenters. The molecule has 49 heteroatoms. The minimum absolute atomic E-state index is 0.000883. The molecule has 0 bridgehead atoms. The molecule has 8 heterocycles. The van der Waals surface area contributed by atoms with Gasteiger partial charge in [0.2, 0.25) is 14.8 Å². The van der Waals surface area contributed by atoms with Crippen molar-refractivity contribution in [3.05, 3.63) is 207 Å². The predicted octanol–water partition coefficient (Wildman–Crippen LogP) is 18.3. The molecule has 1 unspecified atom stereocenters. The largest absolute Gasteiger partial charge is 0.481 e. The number of amides is 9. The van der Waals surface area contributed by atoms with Gasteiger partial charge in [-0.05, 0) is 196 Å². The van der Waals surface area contributed by atoms with Crippen molar-refractivity contribution in [2.75, 3.05) is 81.3 Å². The van der Waals surface area contributed by atoms with Gasteiger partial charge in [0.05, 0.1) is 102 Å². The van der Waals surface area contributed by atoms with Crippen molar-refractivity contribution in [1.82, 2.24) is 23.7 Å². The molecule has 33 nitrogen and oxygen atoms in total. The van der Waals surface area contributed by atoms with Gasteiger partial charge in [-0.1, -0.05) is 107 Å². The number of unbranched alkanes of at least 4 members (excludes halogenated alkanes) is 2. The molecule has 0 fully saturated rings. The highest BCUT2D eigenvalue weighted by atomic mass is 35.5. The number of nitrogens with one attached hydrogen (secondary N) is 1. The number of carbonyl (C=O) groups is 11. The van der Waals surface area contributed by atoms with Crippen LogP contribution < -0.4 is 63.5 Å². The van der Waals surface area contributed by atoms with Crippen LogP contribution in [0.25, 0.3) is 5.69 Å². The number of imide groups is 4. The van der Waals surface area contributed by atoms with Gasteiger partial charge in [-0.3, -0.25) is 67.0 Å². The zero-order valence-corrected chi connectivity index (χ0v) is 87.4. The number of terminal acetylenes is 3. The second kappa shape index (κ2) is 50.0. The number of anilines is 6. The van der Waals surface area contributed by atoms with E-state index in [4.69, 9.17) is 113 Å². The van der Waals surface area contributed by atoms with Crippen LogP contribution >= 0.6 is 92.7 Å². The van der Waals surface area contributed by atoms with Gasteiger partial charge in [0.15, 0.2) is 25.1 Å². The molecular formula is C101H91Cl6F7N12O21S3. The van der Waals surface area contributed by atoms with Crippen LogP contribution in [-0.4, -0.2) is 155 Å². The molecule has 150 heavy (non-hydrogen) atoms. The van der Waals surface area contributed by atoms with E-state index in [9.17, 15) is 101 Å². The highest BCUT2D eigenvalue weighted by Gasteiger charge is 2.47. The summed E-state index contributed by atoms with van der Waals surface area (Å²) in [6, 6.07) is 14.0. The van der Waals surface area contributed by atoms with Crippen LogP contribution in [0.1, 0.15) is 161 Å². The Morgan fingerprint density at radius 3 is 1.43 bits per heavy atom. The number of nitrogens with zero attached hydrogens (tertiary/aromatic N) is 11. The first-order valence-electron chi connectivity index (χ1n) is 46.5. The molecule has 0 saturated carbocycles. The number of rotatable bonds is 24. The molecule has 10 aliphatic rings. The number of sulfonamides is 1. The Bertz CT molecular complexity index is 7370. The number of benzene rings is 6. The molecule has 2 aromatic heterocycles. The fraction of sp³-hybridized carbons (Fsp3) is 0.356. The van der Waals surface area contributed by atoms with Crippen LogP contribution in [0.15, 0.2) is 137 Å². The molecule has 8 aromatic rings. The predicted molar refractivity (Wildman–Crippen MR) is 546 cm³/mol. The van der Waals surface area contributed by atoms with Gasteiger partial charge in [-0.25, -0.2) is 73.8 Å². The highest BCUT2D eigenvalue weighted by molar-refractivity contribution is 8.00. The Hall–Kier alpha value is -13.4. The summed E-state index contributed by atoms with van der Waals surface area (Å²) in [5.41, 5.74) is 2.10. The van der Waals surface area contributed by atoms with Gasteiger partial charge < -0.3 is 28.4 Å². The van der Waals surface area contributed by atoms with Gasteiger partial charge in [-0.15, -0.1) is 36.1 Å². The van der Waals surface area contributed by atoms with E-state index in [1.54, 1.807) is 16.3 Å². The van der Waals surface area contributed by atoms with Crippen molar-refractivity contribution in [2.24, 2.45) is 4.99 Å². The molecule has 6 aliphatic heterocycles. The SMILES string of the molecule is C#CC(C)Oc1cc(N2C(=O)C3=C(CCCC3)C2=O)c(F)cc1Cl.C#CCN1C(=O)COc2cc(F)c(N3C(=O)C4=C(CCCC4)C3=O)cc21.C#CCOc1cc(N2C(=O)C3=C(CCCC3)C2=O)c(F)cc1Cl.CCCCCOC(=O)COc1cc(N2C(=O)C3=C(CCCC3)C2=O)c(F)cc1Cl.COC(=O)CSc1cc(N=c2sc(=O)n3n2CCCC3)c(F)cc1Cl.Cc1nn(-c2cc(NS(C)(=O)=O)c(Cl)cc2Cl)c(=O)n1C(F)F. The Kier molecular flexibility index (Phi) is 37.9. The number of hydrogen-bond acceptors (Lipinski definition) is 25. The second-order valence-corrected chi connectivity index (χ2v) is 40.5. The first-order valence-corrected chi connectivity index (χ1v) is 52.5. The minimum Gasteiger partial charge on any atom is -0.481 e. The van der Waals surface area contributed by atoms with E-state index in [2.05, 4.69) is 37.3 Å². The lowest BCUT2D eigenvalue weighted by atomic mass is 9.93. The first kappa shape index (κ1) is 114. The second-order valence-electron chi connectivity index (χ2n) is 34.4. The van der Waals surface area contributed by atoms with E-state index >= 15 is 0 Å². The van der Waals surface area contributed by atoms with Crippen molar-refractivity contribution >= 4 is 208 Å². The summed E-state index contributed by atoms with van der Waals surface area (Å²) in [7, 11) is -2.35. The van der Waals surface area contributed by atoms with Gasteiger partial charge in [0.1, 0.15) is 64.4 Å². The maximum atomic E-state index is 14.7. The maximum Gasteiger partial charge on any atom is 0.355 e. The lowest BCUT2D eigenvalue weighted by Crippen LogP contribution is -2.39. The Morgan fingerprint density at radius 1 is 0.540 bits per heavy atom. The smallest absolute Gasteiger partial charge is 0.355 e. The van der Waals surface area contributed by atoms with Gasteiger partial charge in [0.25, 0.3) is 53.2 Å². The van der Waals surface area contributed by atoms with E-state index in [0.29, 0.717) is 130 Å². The quantitative estimate of drug-likeness (QED) is 0.0147. The number of ether oxygens (including phenoxy) is 6. The number of aryl methyl sites for hydroxylation is 1. The maximum absolute atomic E-state index is 14.7. The van der Waals surface area contributed by atoms with Gasteiger partial charge in [0, 0.05) is 86.8 Å². The van der Waals surface area contributed by atoms with E-state index in [1.165, 1.54) is 55.3 Å². The monoisotopic (exact) mass is 2250 g/mol. The van der Waals surface area contributed by atoms with Crippen LogP contribution in [0, 0.1) is 73.0 Å². The first-order chi connectivity index (χ1) is 71.4. The Labute approximate surface area is 891 Å². The lowest BCUT2D eigenvalue weighted by Gasteiger charge is -2.29. The number of esters is 2. The van der Waals surface area contributed by atoms with E-state index in [-0.39, 0.29) is 145 Å². The van der Waals surface area contributed by atoms with Crippen molar-refractivity contribution in [1.29, 1.82) is 0 Å². The topological polar surface area (TPSA) is 385 Å². The molecule has 4 aliphatic carbocycles. The highest BCUT2D eigenvalue weighted by Crippen LogP contribution is 2.47. The van der Waals surface area contributed by atoms with Crippen LogP contribution in [0.5, 0.6) is 23.0 Å². The van der Waals surface area contributed by atoms with Gasteiger partial charge >= 0.3 is 29.1 Å². The van der Waals surface area contributed by atoms with Gasteiger partial charge in [-0.2, -0.15) is 13.5 Å². The summed E-state index contributed by atoms with van der Waals surface area (Å²) in [5, 5.41) is 3.81. The molecule has 0 saturated heterocycles. The Morgan fingerprint density at radius 2 is 0.987 bits per heavy atom. The number of methoxy groups -OCH3 is 1. The molecular weight excluding hydrogens is 2160 g/mol. The fourth-order valence-corrected chi connectivity index (χ4v) is 20.9. The zero-order valence-electron chi connectivity index (χ0n) is 80.5.